The van der Waals surface area contributed by atoms with Crippen LogP contribution in [0.3, 0.4) is 0 Å². The van der Waals surface area contributed by atoms with Gasteiger partial charge in [-0.05, 0) is 57.3 Å². The van der Waals surface area contributed by atoms with Crippen molar-refractivity contribution in [2.75, 3.05) is 13.1 Å². The minimum absolute atomic E-state index is 0.146. The van der Waals surface area contributed by atoms with E-state index in [0.29, 0.717) is 11.7 Å². The highest BCUT2D eigenvalue weighted by Gasteiger charge is 2.17. The number of hydrogen-bond donors (Lipinski definition) is 2. The van der Waals surface area contributed by atoms with Crippen LogP contribution >= 0.6 is 0 Å². The molecule has 2 rings (SSSR count). The van der Waals surface area contributed by atoms with Gasteiger partial charge in [-0.25, -0.2) is 0 Å². The van der Waals surface area contributed by atoms with Crippen molar-refractivity contribution in [3.05, 3.63) is 24.3 Å². The van der Waals surface area contributed by atoms with E-state index in [4.69, 9.17) is 4.74 Å². The summed E-state index contributed by atoms with van der Waals surface area (Å²) in [6, 6.07) is 7.15. The third kappa shape index (κ3) is 3.63. The topological polar surface area (TPSA) is 41.5 Å². The van der Waals surface area contributed by atoms with Gasteiger partial charge in [0.05, 0.1) is 6.10 Å². The lowest BCUT2D eigenvalue weighted by Crippen LogP contribution is -2.32. The second-order valence-electron chi connectivity index (χ2n) is 4.84. The van der Waals surface area contributed by atoms with Crippen molar-refractivity contribution >= 4 is 0 Å². The van der Waals surface area contributed by atoms with Crippen LogP contribution in [-0.4, -0.2) is 24.3 Å². The van der Waals surface area contributed by atoms with Gasteiger partial charge in [-0.3, -0.25) is 0 Å². The van der Waals surface area contributed by atoms with E-state index in [1.165, 1.54) is 12.8 Å². The first-order chi connectivity index (χ1) is 8.25. The number of phenols is 1. The SMILES string of the molecule is CC(CC1CCCNC1)Oc1ccccc1O. The maximum Gasteiger partial charge on any atom is 0.161 e. The van der Waals surface area contributed by atoms with Crippen LogP contribution in [0.25, 0.3) is 0 Å². The van der Waals surface area contributed by atoms with E-state index in [1.807, 2.05) is 12.1 Å². The predicted octanol–water partition coefficient (Wildman–Crippen LogP) is 2.55. The Morgan fingerprint density at radius 3 is 3.00 bits per heavy atom. The average Bonchev–Trinajstić information content (AvgIpc) is 2.33. The van der Waals surface area contributed by atoms with Crippen LogP contribution in [0.1, 0.15) is 26.2 Å². The quantitative estimate of drug-likeness (QED) is 0.842. The molecule has 0 aliphatic carbocycles. The second-order valence-corrected chi connectivity index (χ2v) is 4.84. The highest BCUT2D eigenvalue weighted by molar-refractivity contribution is 5.38. The second kappa shape index (κ2) is 5.92. The van der Waals surface area contributed by atoms with Gasteiger partial charge in [0.25, 0.3) is 0 Å². The monoisotopic (exact) mass is 235 g/mol. The normalized spacial score (nSPS) is 22.1. The largest absolute Gasteiger partial charge is 0.504 e. The smallest absolute Gasteiger partial charge is 0.161 e. The molecule has 1 aliphatic heterocycles. The molecular formula is C14H21NO2. The van der Waals surface area contributed by atoms with Gasteiger partial charge in [0.2, 0.25) is 0 Å². The zero-order valence-corrected chi connectivity index (χ0v) is 10.4. The van der Waals surface area contributed by atoms with Crippen molar-refractivity contribution in [2.45, 2.75) is 32.3 Å². The number of aromatic hydroxyl groups is 1. The Morgan fingerprint density at radius 1 is 1.47 bits per heavy atom. The van der Waals surface area contributed by atoms with Crippen molar-refractivity contribution in [1.29, 1.82) is 0 Å². The van der Waals surface area contributed by atoms with Crippen molar-refractivity contribution in [1.82, 2.24) is 5.32 Å². The fourth-order valence-electron chi connectivity index (χ4n) is 2.42. The highest BCUT2D eigenvalue weighted by atomic mass is 16.5. The molecule has 2 N–H and O–H groups in total. The van der Waals surface area contributed by atoms with Crippen LogP contribution in [0.15, 0.2) is 24.3 Å². The number of benzene rings is 1. The number of hydrogen-bond acceptors (Lipinski definition) is 3. The van der Waals surface area contributed by atoms with Crippen LogP contribution in [0.5, 0.6) is 11.5 Å². The maximum absolute atomic E-state index is 9.63. The fourth-order valence-corrected chi connectivity index (χ4v) is 2.42. The third-order valence-electron chi connectivity index (χ3n) is 3.26. The Labute approximate surface area is 103 Å². The molecule has 2 unspecified atom stereocenters. The summed E-state index contributed by atoms with van der Waals surface area (Å²) in [6.07, 6.45) is 3.73. The molecule has 0 radical (unpaired) electrons. The van der Waals surface area contributed by atoms with Gasteiger partial charge in [-0.15, -0.1) is 0 Å². The van der Waals surface area contributed by atoms with Gasteiger partial charge in [0.15, 0.2) is 11.5 Å². The zero-order chi connectivity index (χ0) is 12.1. The molecule has 0 spiro atoms. The summed E-state index contributed by atoms with van der Waals surface area (Å²) >= 11 is 0. The molecule has 1 fully saturated rings. The van der Waals surface area contributed by atoms with E-state index in [-0.39, 0.29) is 11.9 Å². The average molecular weight is 235 g/mol. The summed E-state index contributed by atoms with van der Waals surface area (Å²) in [5.41, 5.74) is 0. The fraction of sp³-hybridized carbons (Fsp3) is 0.571. The van der Waals surface area contributed by atoms with Crippen LogP contribution in [0, 0.1) is 5.92 Å². The molecule has 0 amide bonds. The molecule has 3 heteroatoms. The number of phenolic OH excluding ortho intramolecular Hbond substituents is 1. The Hall–Kier alpha value is -1.22. The Kier molecular flexibility index (Phi) is 4.26. The maximum atomic E-state index is 9.63. The van der Waals surface area contributed by atoms with Gasteiger partial charge in [0, 0.05) is 0 Å². The third-order valence-corrected chi connectivity index (χ3v) is 3.26. The van der Waals surface area contributed by atoms with Crippen molar-refractivity contribution in [3.8, 4) is 11.5 Å². The summed E-state index contributed by atoms with van der Waals surface area (Å²) in [6.45, 7) is 4.31. The van der Waals surface area contributed by atoms with Crippen molar-refractivity contribution in [3.63, 3.8) is 0 Å². The molecule has 1 aromatic rings. The van der Waals surface area contributed by atoms with Crippen LogP contribution in [-0.2, 0) is 0 Å². The number of rotatable bonds is 4. The summed E-state index contributed by atoms with van der Waals surface area (Å²) < 4.78 is 5.77. The first-order valence-corrected chi connectivity index (χ1v) is 6.41. The van der Waals surface area contributed by atoms with E-state index in [0.717, 1.165) is 19.5 Å². The molecule has 0 aromatic heterocycles. The van der Waals surface area contributed by atoms with E-state index in [2.05, 4.69) is 12.2 Å². The van der Waals surface area contributed by atoms with E-state index >= 15 is 0 Å². The first-order valence-electron chi connectivity index (χ1n) is 6.41. The molecule has 0 saturated carbocycles. The summed E-state index contributed by atoms with van der Waals surface area (Å²) in [5, 5.41) is 13.0. The number of piperidine rings is 1. The van der Waals surface area contributed by atoms with Crippen molar-refractivity contribution in [2.24, 2.45) is 5.92 Å². The summed E-state index contributed by atoms with van der Waals surface area (Å²) in [5.74, 6) is 1.51. The van der Waals surface area contributed by atoms with Crippen molar-refractivity contribution < 1.29 is 9.84 Å². The molecule has 1 aliphatic rings. The highest BCUT2D eigenvalue weighted by Crippen LogP contribution is 2.27. The van der Waals surface area contributed by atoms with E-state index in [9.17, 15) is 5.11 Å². The lowest BCUT2D eigenvalue weighted by Gasteiger charge is -2.26. The minimum atomic E-state index is 0.146. The molecular weight excluding hydrogens is 214 g/mol. The Balaban J connectivity index is 1.84. The van der Waals surface area contributed by atoms with Crippen LogP contribution in [0.4, 0.5) is 0 Å². The standard InChI is InChI=1S/C14H21NO2/c1-11(9-12-5-4-8-15-10-12)17-14-7-3-2-6-13(14)16/h2-3,6-7,11-12,15-16H,4-5,8-10H2,1H3. The molecule has 17 heavy (non-hydrogen) atoms. The van der Waals surface area contributed by atoms with Gasteiger partial charge < -0.3 is 15.2 Å². The molecule has 0 bridgehead atoms. The molecule has 1 saturated heterocycles. The van der Waals surface area contributed by atoms with Gasteiger partial charge in [-0.1, -0.05) is 12.1 Å². The molecule has 2 atom stereocenters. The molecule has 3 nitrogen and oxygen atoms in total. The lowest BCUT2D eigenvalue weighted by molar-refractivity contribution is 0.168. The number of ether oxygens (including phenoxy) is 1. The van der Waals surface area contributed by atoms with Gasteiger partial charge in [-0.2, -0.15) is 0 Å². The summed E-state index contributed by atoms with van der Waals surface area (Å²) in [7, 11) is 0. The number of para-hydroxylation sites is 2. The van der Waals surface area contributed by atoms with E-state index < -0.39 is 0 Å². The van der Waals surface area contributed by atoms with Gasteiger partial charge >= 0.3 is 0 Å². The summed E-state index contributed by atoms with van der Waals surface area (Å²) in [4.78, 5) is 0. The Morgan fingerprint density at radius 2 is 2.29 bits per heavy atom. The van der Waals surface area contributed by atoms with E-state index in [1.54, 1.807) is 12.1 Å². The Bertz CT molecular complexity index is 348. The first kappa shape index (κ1) is 12.2. The lowest BCUT2D eigenvalue weighted by atomic mass is 9.94. The molecule has 1 heterocycles. The van der Waals surface area contributed by atoms with Gasteiger partial charge in [0.1, 0.15) is 0 Å². The van der Waals surface area contributed by atoms with Crippen LogP contribution < -0.4 is 10.1 Å². The molecule has 94 valence electrons. The molecule has 1 aromatic carbocycles. The number of nitrogens with one attached hydrogen (secondary N) is 1. The zero-order valence-electron chi connectivity index (χ0n) is 10.4. The predicted molar refractivity (Wildman–Crippen MR) is 68.4 cm³/mol. The minimum Gasteiger partial charge on any atom is -0.504 e. The van der Waals surface area contributed by atoms with Crippen LogP contribution in [0.2, 0.25) is 0 Å².